The van der Waals surface area contributed by atoms with Gasteiger partial charge in [-0.1, -0.05) is 0 Å². The third kappa shape index (κ3) is 2.25. The Hall–Kier alpha value is -0.940. The third-order valence-corrected chi connectivity index (χ3v) is 3.00. The lowest BCUT2D eigenvalue weighted by atomic mass is 9.92. The average molecular weight is 228 g/mol. The van der Waals surface area contributed by atoms with Crippen LogP contribution in [0.1, 0.15) is 36.1 Å². The van der Waals surface area contributed by atoms with Crippen molar-refractivity contribution in [3.8, 4) is 0 Å². The molecular weight excluding hydrogens is 211 g/mol. The van der Waals surface area contributed by atoms with Gasteiger partial charge >= 0.3 is 0 Å². The molecule has 1 unspecified atom stereocenters. The lowest BCUT2D eigenvalue weighted by molar-refractivity contribution is 0.0827. The summed E-state index contributed by atoms with van der Waals surface area (Å²) < 4.78 is 19.4. The lowest BCUT2D eigenvalue weighted by Gasteiger charge is -2.22. The fourth-order valence-electron chi connectivity index (χ4n) is 2.15. The topological polar surface area (TPSA) is 47.3 Å². The zero-order valence-corrected chi connectivity index (χ0v) is 9.40. The van der Waals surface area contributed by atoms with Crippen LogP contribution < -0.4 is 0 Å². The van der Waals surface area contributed by atoms with E-state index < -0.39 is 12.8 Å². The SMILES string of the molecule is Cn1cc(C(O)CF)c(C2CCOCC2)n1. The maximum absolute atomic E-state index is 12.5. The van der Waals surface area contributed by atoms with Gasteiger partial charge in [-0.25, -0.2) is 4.39 Å². The van der Waals surface area contributed by atoms with Gasteiger partial charge in [-0.15, -0.1) is 0 Å². The molecule has 5 heteroatoms. The number of rotatable bonds is 3. The second-order valence-electron chi connectivity index (χ2n) is 4.20. The number of nitrogens with zero attached hydrogens (tertiary/aromatic N) is 2. The van der Waals surface area contributed by atoms with Gasteiger partial charge in [-0.3, -0.25) is 4.68 Å². The number of aryl methyl sites for hydroxylation is 1. The van der Waals surface area contributed by atoms with Crippen LogP contribution in [0.4, 0.5) is 4.39 Å². The molecule has 0 spiro atoms. The van der Waals surface area contributed by atoms with Crippen LogP contribution in [0.2, 0.25) is 0 Å². The van der Waals surface area contributed by atoms with E-state index >= 15 is 0 Å². The number of alkyl halides is 1. The van der Waals surface area contributed by atoms with Gasteiger partial charge in [0.2, 0.25) is 0 Å². The number of aliphatic hydroxyl groups excluding tert-OH is 1. The fourth-order valence-corrected chi connectivity index (χ4v) is 2.15. The molecule has 2 heterocycles. The molecule has 1 saturated heterocycles. The second-order valence-corrected chi connectivity index (χ2v) is 4.20. The number of aliphatic hydroxyl groups is 1. The predicted octanol–water partition coefficient (Wildman–Crippen LogP) is 1.32. The quantitative estimate of drug-likeness (QED) is 0.848. The largest absolute Gasteiger partial charge is 0.386 e. The maximum atomic E-state index is 12.5. The van der Waals surface area contributed by atoms with Crippen LogP contribution in [0, 0.1) is 0 Å². The van der Waals surface area contributed by atoms with Crippen LogP contribution in [-0.2, 0) is 11.8 Å². The van der Waals surface area contributed by atoms with E-state index in [1.807, 2.05) is 0 Å². The summed E-state index contributed by atoms with van der Waals surface area (Å²) in [4.78, 5) is 0. The zero-order valence-electron chi connectivity index (χ0n) is 9.40. The maximum Gasteiger partial charge on any atom is 0.120 e. The molecule has 16 heavy (non-hydrogen) atoms. The van der Waals surface area contributed by atoms with E-state index in [1.165, 1.54) is 0 Å². The van der Waals surface area contributed by atoms with Crippen LogP contribution in [-0.4, -0.2) is 34.8 Å². The highest BCUT2D eigenvalue weighted by Gasteiger charge is 2.25. The van der Waals surface area contributed by atoms with E-state index in [0.717, 1.165) is 18.5 Å². The van der Waals surface area contributed by atoms with Gasteiger partial charge in [0.05, 0.1) is 5.69 Å². The Morgan fingerprint density at radius 2 is 2.31 bits per heavy atom. The molecule has 0 amide bonds. The fraction of sp³-hybridized carbons (Fsp3) is 0.727. The first-order valence-corrected chi connectivity index (χ1v) is 5.57. The third-order valence-electron chi connectivity index (χ3n) is 3.00. The summed E-state index contributed by atoms with van der Waals surface area (Å²) in [7, 11) is 1.79. The van der Waals surface area contributed by atoms with Crippen LogP contribution in [0.5, 0.6) is 0 Å². The van der Waals surface area contributed by atoms with Crippen molar-refractivity contribution in [3.05, 3.63) is 17.5 Å². The molecule has 90 valence electrons. The lowest BCUT2D eigenvalue weighted by Crippen LogP contribution is -2.16. The summed E-state index contributed by atoms with van der Waals surface area (Å²) in [6, 6.07) is 0. The Bertz CT molecular complexity index is 348. The van der Waals surface area contributed by atoms with Crippen LogP contribution in [0.3, 0.4) is 0 Å². The molecule has 1 fully saturated rings. The van der Waals surface area contributed by atoms with Crippen molar-refractivity contribution >= 4 is 0 Å². The van der Waals surface area contributed by atoms with Crippen molar-refractivity contribution in [2.75, 3.05) is 19.9 Å². The molecule has 1 aliphatic rings. The van der Waals surface area contributed by atoms with E-state index in [4.69, 9.17) is 4.74 Å². The molecule has 1 aliphatic heterocycles. The first-order valence-electron chi connectivity index (χ1n) is 5.57. The van der Waals surface area contributed by atoms with Crippen LogP contribution in [0.15, 0.2) is 6.20 Å². The number of hydrogen-bond donors (Lipinski definition) is 1. The normalized spacial score (nSPS) is 19.9. The van der Waals surface area contributed by atoms with Crippen molar-refractivity contribution in [2.45, 2.75) is 24.9 Å². The summed E-state index contributed by atoms with van der Waals surface area (Å²) in [5.41, 5.74) is 1.45. The van der Waals surface area contributed by atoms with E-state index in [9.17, 15) is 9.50 Å². The Kier molecular flexibility index (Phi) is 3.56. The molecule has 1 atom stereocenters. The van der Waals surface area contributed by atoms with Gasteiger partial charge < -0.3 is 9.84 Å². The van der Waals surface area contributed by atoms with Gasteiger partial charge in [-0.2, -0.15) is 5.10 Å². The zero-order chi connectivity index (χ0) is 11.5. The van der Waals surface area contributed by atoms with Gasteiger partial charge in [0.1, 0.15) is 12.8 Å². The van der Waals surface area contributed by atoms with Gasteiger partial charge in [0.25, 0.3) is 0 Å². The van der Waals surface area contributed by atoms with Gasteiger partial charge in [-0.05, 0) is 12.8 Å². The molecule has 0 bridgehead atoms. The summed E-state index contributed by atoms with van der Waals surface area (Å²) in [6.45, 7) is 0.667. The van der Waals surface area contributed by atoms with Crippen molar-refractivity contribution in [1.29, 1.82) is 0 Å². The first-order chi connectivity index (χ1) is 7.72. The Morgan fingerprint density at radius 3 is 2.94 bits per heavy atom. The monoisotopic (exact) mass is 228 g/mol. The summed E-state index contributed by atoms with van der Waals surface area (Å²) in [6.07, 6.45) is 2.44. The van der Waals surface area contributed by atoms with Gasteiger partial charge in [0, 0.05) is 37.9 Å². The molecule has 1 aromatic rings. The van der Waals surface area contributed by atoms with E-state index in [0.29, 0.717) is 18.8 Å². The molecule has 0 saturated carbocycles. The summed E-state index contributed by atoms with van der Waals surface area (Å²) in [5.74, 6) is 0.283. The molecule has 4 nitrogen and oxygen atoms in total. The smallest absolute Gasteiger partial charge is 0.120 e. The Balaban J connectivity index is 2.24. The molecule has 0 radical (unpaired) electrons. The Labute approximate surface area is 94.0 Å². The number of hydrogen-bond acceptors (Lipinski definition) is 3. The van der Waals surface area contributed by atoms with E-state index in [-0.39, 0.29) is 5.92 Å². The van der Waals surface area contributed by atoms with E-state index in [2.05, 4.69) is 5.10 Å². The number of ether oxygens (including phenoxy) is 1. The highest BCUT2D eigenvalue weighted by Crippen LogP contribution is 2.31. The molecule has 0 aromatic carbocycles. The van der Waals surface area contributed by atoms with Crippen molar-refractivity contribution in [3.63, 3.8) is 0 Å². The molecule has 0 aliphatic carbocycles. The van der Waals surface area contributed by atoms with E-state index in [1.54, 1.807) is 17.9 Å². The molecule has 2 rings (SSSR count). The molecule has 1 aromatic heterocycles. The summed E-state index contributed by atoms with van der Waals surface area (Å²) in [5, 5.41) is 13.9. The first kappa shape index (κ1) is 11.5. The highest BCUT2D eigenvalue weighted by atomic mass is 19.1. The Morgan fingerprint density at radius 1 is 1.62 bits per heavy atom. The predicted molar refractivity (Wildman–Crippen MR) is 56.9 cm³/mol. The summed E-state index contributed by atoms with van der Waals surface area (Å²) >= 11 is 0. The molecular formula is C11H17FN2O2. The van der Waals surface area contributed by atoms with Crippen molar-refractivity contribution in [1.82, 2.24) is 9.78 Å². The second kappa shape index (κ2) is 4.93. The minimum atomic E-state index is -1.05. The highest BCUT2D eigenvalue weighted by molar-refractivity contribution is 5.24. The molecule has 1 N–H and O–H groups in total. The van der Waals surface area contributed by atoms with Crippen molar-refractivity contribution in [2.24, 2.45) is 7.05 Å². The van der Waals surface area contributed by atoms with Gasteiger partial charge in [0.15, 0.2) is 0 Å². The number of halogens is 1. The number of aromatic nitrogens is 2. The standard InChI is InChI=1S/C11H17FN2O2/c1-14-7-9(10(15)6-12)11(13-14)8-2-4-16-5-3-8/h7-8,10,15H,2-6H2,1H3. The minimum absolute atomic E-state index is 0.283. The van der Waals surface area contributed by atoms with Crippen LogP contribution in [0.25, 0.3) is 0 Å². The minimum Gasteiger partial charge on any atom is -0.386 e. The van der Waals surface area contributed by atoms with Crippen molar-refractivity contribution < 1.29 is 14.2 Å². The van der Waals surface area contributed by atoms with Crippen LogP contribution >= 0.6 is 0 Å². The average Bonchev–Trinajstić information content (AvgIpc) is 2.71.